The third-order valence-corrected chi connectivity index (χ3v) is 5.42. The molecule has 2 heterocycles. The van der Waals surface area contributed by atoms with Crippen molar-refractivity contribution in [2.45, 2.75) is 38.6 Å². The van der Waals surface area contributed by atoms with E-state index in [9.17, 15) is 4.79 Å². The standard InChI is InChI=1S/C18H23N5O/c24-17(22-12-18(6-1-7-18)15-3-4-15)21-11-14-2-5-16(20-10-14)23-9-8-19-13-23/h2,5,8-10,13,15H,1,3-4,6-7,11-12H2,(H2,21,22,24). The van der Waals surface area contributed by atoms with Crippen LogP contribution in [0.1, 0.15) is 37.7 Å². The Bertz CT molecular complexity index is 687. The number of imidazole rings is 1. The minimum absolute atomic E-state index is 0.0828. The number of nitrogens with one attached hydrogen (secondary N) is 2. The van der Waals surface area contributed by atoms with Gasteiger partial charge in [-0.2, -0.15) is 0 Å². The summed E-state index contributed by atoms with van der Waals surface area (Å²) in [6.45, 7) is 1.31. The number of carbonyl (C=O) groups is 1. The van der Waals surface area contributed by atoms with Crippen LogP contribution in [0.25, 0.3) is 5.82 Å². The van der Waals surface area contributed by atoms with Crippen molar-refractivity contribution in [3.05, 3.63) is 42.6 Å². The monoisotopic (exact) mass is 325 g/mol. The molecule has 0 aromatic carbocycles. The Balaban J connectivity index is 1.25. The van der Waals surface area contributed by atoms with Crippen LogP contribution >= 0.6 is 0 Å². The molecule has 0 aliphatic heterocycles. The molecule has 4 rings (SSSR count). The van der Waals surface area contributed by atoms with Crippen LogP contribution in [-0.4, -0.2) is 27.1 Å². The van der Waals surface area contributed by atoms with Crippen LogP contribution in [0.3, 0.4) is 0 Å². The molecule has 0 unspecified atom stereocenters. The molecule has 2 fully saturated rings. The normalized spacial score (nSPS) is 18.7. The Morgan fingerprint density at radius 2 is 2.17 bits per heavy atom. The van der Waals surface area contributed by atoms with E-state index in [1.54, 1.807) is 18.7 Å². The van der Waals surface area contributed by atoms with Gasteiger partial charge in [0.05, 0.1) is 0 Å². The summed E-state index contributed by atoms with van der Waals surface area (Å²) in [4.78, 5) is 20.4. The highest BCUT2D eigenvalue weighted by molar-refractivity contribution is 5.73. The van der Waals surface area contributed by atoms with Gasteiger partial charge in [-0.1, -0.05) is 12.5 Å². The van der Waals surface area contributed by atoms with E-state index in [2.05, 4.69) is 20.6 Å². The zero-order valence-electron chi connectivity index (χ0n) is 13.7. The van der Waals surface area contributed by atoms with Crippen molar-refractivity contribution >= 4 is 6.03 Å². The van der Waals surface area contributed by atoms with Crippen molar-refractivity contribution in [3.8, 4) is 5.82 Å². The fraction of sp³-hybridized carbons (Fsp3) is 0.500. The number of aromatic nitrogens is 3. The zero-order valence-corrected chi connectivity index (χ0v) is 13.7. The third-order valence-electron chi connectivity index (χ3n) is 5.42. The van der Waals surface area contributed by atoms with E-state index >= 15 is 0 Å². The fourth-order valence-corrected chi connectivity index (χ4v) is 3.63. The molecule has 2 saturated carbocycles. The number of hydrogen-bond donors (Lipinski definition) is 2. The fourth-order valence-electron chi connectivity index (χ4n) is 3.63. The van der Waals surface area contributed by atoms with Crippen LogP contribution in [0, 0.1) is 11.3 Å². The summed E-state index contributed by atoms with van der Waals surface area (Å²) >= 11 is 0. The molecule has 6 nitrogen and oxygen atoms in total. The van der Waals surface area contributed by atoms with Crippen molar-refractivity contribution in [1.29, 1.82) is 0 Å². The number of pyridine rings is 1. The first-order valence-electron chi connectivity index (χ1n) is 8.70. The van der Waals surface area contributed by atoms with Gasteiger partial charge in [0, 0.05) is 31.7 Å². The van der Waals surface area contributed by atoms with Crippen LogP contribution in [-0.2, 0) is 6.54 Å². The van der Waals surface area contributed by atoms with Crippen LogP contribution in [0.15, 0.2) is 37.1 Å². The van der Waals surface area contributed by atoms with Gasteiger partial charge in [0.25, 0.3) is 0 Å². The second-order valence-corrected chi connectivity index (χ2v) is 7.02. The second kappa shape index (κ2) is 6.26. The Labute approximate surface area is 141 Å². The molecule has 2 N–H and O–H groups in total. The molecule has 6 heteroatoms. The number of rotatable bonds is 6. The van der Waals surface area contributed by atoms with Gasteiger partial charge in [-0.25, -0.2) is 14.8 Å². The maximum Gasteiger partial charge on any atom is 0.315 e. The maximum absolute atomic E-state index is 12.0. The van der Waals surface area contributed by atoms with Gasteiger partial charge in [-0.3, -0.25) is 4.57 Å². The molecule has 0 bridgehead atoms. The highest BCUT2D eigenvalue weighted by Crippen LogP contribution is 2.56. The van der Waals surface area contributed by atoms with Crippen LogP contribution in [0.4, 0.5) is 4.79 Å². The van der Waals surface area contributed by atoms with Gasteiger partial charge in [0.15, 0.2) is 0 Å². The molecule has 2 aromatic rings. The van der Waals surface area contributed by atoms with Gasteiger partial charge in [0.2, 0.25) is 0 Å². The van der Waals surface area contributed by atoms with Crippen molar-refractivity contribution in [3.63, 3.8) is 0 Å². The molecular weight excluding hydrogens is 302 g/mol. The van der Waals surface area contributed by atoms with E-state index in [4.69, 9.17) is 0 Å². The third kappa shape index (κ3) is 3.13. The predicted octanol–water partition coefficient (Wildman–Crippen LogP) is 2.65. The zero-order chi connectivity index (χ0) is 16.4. The molecule has 0 atom stereocenters. The minimum atomic E-state index is -0.0828. The molecule has 2 aromatic heterocycles. The van der Waals surface area contributed by atoms with Crippen LogP contribution in [0.5, 0.6) is 0 Å². The van der Waals surface area contributed by atoms with E-state index in [0.29, 0.717) is 12.0 Å². The summed E-state index contributed by atoms with van der Waals surface area (Å²) < 4.78 is 1.85. The summed E-state index contributed by atoms with van der Waals surface area (Å²) in [7, 11) is 0. The average Bonchev–Trinajstić information content (AvgIpc) is 3.26. The van der Waals surface area contributed by atoms with Gasteiger partial charge >= 0.3 is 6.03 Å². The molecule has 24 heavy (non-hydrogen) atoms. The highest BCUT2D eigenvalue weighted by atomic mass is 16.2. The topological polar surface area (TPSA) is 71.8 Å². The Hall–Kier alpha value is -2.37. The van der Waals surface area contributed by atoms with Crippen LogP contribution < -0.4 is 10.6 Å². The lowest BCUT2D eigenvalue weighted by atomic mass is 9.65. The molecule has 2 aliphatic rings. The molecule has 126 valence electrons. The largest absolute Gasteiger partial charge is 0.338 e. The summed E-state index contributed by atoms with van der Waals surface area (Å²) in [5, 5.41) is 5.99. The predicted molar refractivity (Wildman–Crippen MR) is 90.6 cm³/mol. The van der Waals surface area contributed by atoms with E-state index in [0.717, 1.165) is 23.8 Å². The van der Waals surface area contributed by atoms with Gasteiger partial charge in [0.1, 0.15) is 12.1 Å². The van der Waals surface area contributed by atoms with E-state index < -0.39 is 0 Å². The maximum atomic E-state index is 12.0. The summed E-state index contributed by atoms with van der Waals surface area (Å²) in [5.74, 6) is 1.67. The molecular formula is C18H23N5O. The Morgan fingerprint density at radius 3 is 2.75 bits per heavy atom. The van der Waals surface area contributed by atoms with E-state index in [1.165, 1.54) is 32.1 Å². The lowest BCUT2D eigenvalue weighted by Gasteiger charge is -2.42. The molecule has 2 aliphatic carbocycles. The number of urea groups is 1. The Kier molecular flexibility index (Phi) is 3.96. The first-order chi connectivity index (χ1) is 11.8. The Morgan fingerprint density at radius 1 is 1.29 bits per heavy atom. The van der Waals surface area contributed by atoms with Crippen LogP contribution in [0.2, 0.25) is 0 Å². The van der Waals surface area contributed by atoms with E-state index in [1.807, 2.05) is 22.9 Å². The van der Waals surface area contributed by atoms with Crippen molar-refractivity contribution < 1.29 is 4.79 Å². The highest BCUT2D eigenvalue weighted by Gasteiger charge is 2.48. The van der Waals surface area contributed by atoms with E-state index in [-0.39, 0.29) is 6.03 Å². The van der Waals surface area contributed by atoms with Crippen molar-refractivity contribution in [2.75, 3.05) is 6.54 Å². The van der Waals surface area contributed by atoms with Gasteiger partial charge in [-0.05, 0) is 48.6 Å². The SMILES string of the molecule is O=C(NCc1ccc(-n2ccnc2)nc1)NCC1(C2CC2)CCC1. The summed E-state index contributed by atoms with van der Waals surface area (Å²) in [5.41, 5.74) is 1.39. The minimum Gasteiger partial charge on any atom is -0.338 e. The molecule has 2 amide bonds. The summed E-state index contributed by atoms with van der Waals surface area (Å²) in [6, 6.07) is 3.81. The number of nitrogens with zero attached hydrogens (tertiary/aromatic N) is 3. The first kappa shape index (κ1) is 15.2. The van der Waals surface area contributed by atoms with Gasteiger partial charge in [-0.15, -0.1) is 0 Å². The number of amides is 2. The molecule has 0 spiro atoms. The first-order valence-corrected chi connectivity index (χ1v) is 8.70. The second-order valence-electron chi connectivity index (χ2n) is 7.02. The number of hydrogen-bond acceptors (Lipinski definition) is 3. The molecule has 0 radical (unpaired) electrons. The average molecular weight is 325 g/mol. The smallest absolute Gasteiger partial charge is 0.315 e. The number of carbonyl (C=O) groups excluding carboxylic acids is 1. The quantitative estimate of drug-likeness (QED) is 0.857. The lowest BCUT2D eigenvalue weighted by molar-refractivity contribution is 0.102. The molecule has 0 saturated heterocycles. The van der Waals surface area contributed by atoms with Gasteiger partial charge < -0.3 is 10.6 Å². The lowest BCUT2D eigenvalue weighted by Crippen LogP contribution is -2.46. The van der Waals surface area contributed by atoms with Crippen molar-refractivity contribution in [2.24, 2.45) is 11.3 Å². The van der Waals surface area contributed by atoms with Crippen molar-refractivity contribution in [1.82, 2.24) is 25.2 Å². The summed E-state index contributed by atoms with van der Waals surface area (Å²) in [6.07, 6.45) is 13.6.